The van der Waals surface area contributed by atoms with Crippen LogP contribution in [-0.2, 0) is 4.74 Å². The molecule has 0 bridgehead atoms. The molecule has 0 spiro atoms. The van der Waals surface area contributed by atoms with Crippen LogP contribution in [0, 0.1) is 0 Å². The zero-order valence-electron chi connectivity index (χ0n) is 13.4. The summed E-state index contributed by atoms with van der Waals surface area (Å²) in [6.07, 6.45) is 6.82. The average molecular weight is 327 g/mol. The molecule has 0 unspecified atom stereocenters. The van der Waals surface area contributed by atoms with E-state index in [-0.39, 0.29) is 0 Å². The largest absolute Gasteiger partial charge is 0.387 e. The van der Waals surface area contributed by atoms with Crippen LogP contribution in [0.15, 0.2) is 29.7 Å². The number of nitrogens with zero attached hydrogens (tertiary/aromatic N) is 2. The van der Waals surface area contributed by atoms with Gasteiger partial charge in [0, 0.05) is 6.20 Å². The number of hydrogen-bond acceptors (Lipinski definition) is 6. The standard InChI is InChI=1S/C15H26N3O3P/c1-10-17-12(16)6-8-18(10)14-15(2,20)13(19)11(21-14)7-9-22(3,4)5/h6,8,11,13-14,19-20H,1,3,7,9H2,2,4-5H3,(H2,16,17)/t11-,13-,14-,15-/m1/s1. The molecule has 1 fully saturated rings. The van der Waals surface area contributed by atoms with Crippen molar-refractivity contribution in [2.45, 2.75) is 37.4 Å². The van der Waals surface area contributed by atoms with Gasteiger partial charge in [-0.2, -0.15) is 0 Å². The fourth-order valence-corrected chi connectivity index (χ4v) is 3.60. The Bertz CT molecular complexity index is 564. The van der Waals surface area contributed by atoms with Gasteiger partial charge in [0.25, 0.3) is 0 Å². The molecular weight excluding hydrogens is 301 g/mol. The summed E-state index contributed by atoms with van der Waals surface area (Å²) in [7, 11) is 0. The Kier molecular flexibility index (Phi) is 4.60. The maximum atomic E-state index is 10.7. The van der Waals surface area contributed by atoms with Crippen molar-refractivity contribution < 1.29 is 14.9 Å². The number of aliphatic hydroxyl groups excluding tert-OH is 1. The van der Waals surface area contributed by atoms with E-state index in [9.17, 15) is 10.2 Å². The molecule has 22 heavy (non-hydrogen) atoms. The molecule has 2 aliphatic rings. The predicted molar refractivity (Wildman–Crippen MR) is 92.4 cm³/mol. The van der Waals surface area contributed by atoms with Crippen LogP contribution in [0.1, 0.15) is 13.3 Å². The molecule has 0 saturated carbocycles. The van der Waals surface area contributed by atoms with Crippen molar-refractivity contribution in [3.63, 3.8) is 0 Å². The van der Waals surface area contributed by atoms with Gasteiger partial charge in [0.05, 0.1) is 6.10 Å². The quantitative estimate of drug-likeness (QED) is 0.657. The predicted octanol–water partition coefficient (Wildman–Crippen LogP) is 0.580. The maximum absolute atomic E-state index is 10.7. The van der Waals surface area contributed by atoms with Gasteiger partial charge < -0.3 is 25.6 Å². The van der Waals surface area contributed by atoms with Crippen LogP contribution < -0.4 is 5.73 Å². The van der Waals surface area contributed by atoms with Crippen molar-refractivity contribution in [3.05, 3.63) is 24.7 Å². The molecule has 4 atom stereocenters. The first kappa shape index (κ1) is 17.3. The van der Waals surface area contributed by atoms with Gasteiger partial charge >= 0.3 is 0 Å². The Hall–Kier alpha value is -1.07. The summed E-state index contributed by atoms with van der Waals surface area (Å²) in [5.41, 5.74) is 4.20. The molecule has 0 aliphatic carbocycles. The van der Waals surface area contributed by atoms with Gasteiger partial charge in [-0.15, -0.1) is 13.2 Å². The van der Waals surface area contributed by atoms with E-state index in [1.54, 1.807) is 24.1 Å². The Morgan fingerprint density at radius 1 is 1.55 bits per heavy atom. The third-order valence-corrected chi connectivity index (χ3v) is 5.46. The number of aliphatic imine (C=N–C) groups is 1. The first-order chi connectivity index (χ1) is 10.0. The van der Waals surface area contributed by atoms with E-state index >= 15 is 0 Å². The Morgan fingerprint density at radius 2 is 2.18 bits per heavy atom. The van der Waals surface area contributed by atoms with Crippen LogP contribution in [0.4, 0.5) is 0 Å². The lowest BCUT2D eigenvalue weighted by Crippen LogP contribution is -2.51. The topological polar surface area (TPSA) is 91.3 Å². The molecule has 7 heteroatoms. The molecule has 4 N–H and O–H groups in total. The van der Waals surface area contributed by atoms with Crippen molar-refractivity contribution in [3.8, 4) is 0 Å². The Morgan fingerprint density at radius 3 is 2.73 bits per heavy atom. The molecule has 0 aromatic carbocycles. The first-order valence-electron chi connectivity index (χ1n) is 7.25. The molecule has 124 valence electrons. The Labute approximate surface area is 131 Å². The van der Waals surface area contributed by atoms with E-state index in [0.29, 0.717) is 18.1 Å². The number of hydrogen-bond donors (Lipinski definition) is 3. The summed E-state index contributed by atoms with van der Waals surface area (Å²) in [5.74, 6) is 0.725. The lowest BCUT2D eigenvalue weighted by Gasteiger charge is -2.35. The van der Waals surface area contributed by atoms with Crippen LogP contribution in [0.25, 0.3) is 0 Å². The minimum absolute atomic E-state index is 0.347. The normalized spacial score (nSPS) is 35.9. The lowest BCUT2D eigenvalue weighted by atomic mass is 9.95. The molecule has 0 amide bonds. The maximum Gasteiger partial charge on any atom is 0.166 e. The highest BCUT2D eigenvalue weighted by atomic mass is 31.2. The van der Waals surface area contributed by atoms with Gasteiger partial charge in [-0.1, -0.05) is 6.58 Å². The molecule has 6 nitrogen and oxygen atoms in total. The number of rotatable bonds is 4. The van der Waals surface area contributed by atoms with E-state index in [0.717, 1.165) is 6.16 Å². The summed E-state index contributed by atoms with van der Waals surface area (Å²) in [5, 5.41) is 21.1. The van der Waals surface area contributed by atoms with Gasteiger partial charge in [-0.3, -0.25) is 0 Å². The second kappa shape index (κ2) is 5.85. The molecule has 2 rings (SSSR count). The minimum atomic E-state index is -1.43. The molecule has 1 saturated heterocycles. The summed E-state index contributed by atoms with van der Waals surface area (Å²) in [6.45, 7) is 8.44. The summed E-state index contributed by atoms with van der Waals surface area (Å²) >= 11 is 0. The summed E-state index contributed by atoms with van der Waals surface area (Å²) in [4.78, 5) is 5.67. The van der Waals surface area contributed by atoms with Crippen molar-refractivity contribution in [2.24, 2.45) is 10.7 Å². The van der Waals surface area contributed by atoms with Crippen molar-refractivity contribution >= 4 is 19.0 Å². The van der Waals surface area contributed by atoms with Gasteiger partial charge in [-0.05, 0) is 38.9 Å². The Balaban J connectivity index is 2.15. The highest BCUT2D eigenvalue weighted by Crippen LogP contribution is 2.41. The fraction of sp³-hybridized carbons (Fsp3) is 0.600. The van der Waals surface area contributed by atoms with Crippen molar-refractivity contribution in [2.75, 3.05) is 19.5 Å². The third-order valence-electron chi connectivity index (χ3n) is 3.99. The van der Waals surface area contributed by atoms with Crippen LogP contribution in [0.3, 0.4) is 0 Å². The zero-order chi connectivity index (χ0) is 16.7. The van der Waals surface area contributed by atoms with Crippen LogP contribution in [0.2, 0.25) is 0 Å². The summed E-state index contributed by atoms with van der Waals surface area (Å²) < 4.78 is 5.92. The second-order valence-corrected chi connectivity index (χ2v) is 11.1. The molecule has 0 radical (unpaired) electrons. The lowest BCUT2D eigenvalue weighted by molar-refractivity contribution is -0.109. The van der Waals surface area contributed by atoms with Gasteiger partial charge in [0.2, 0.25) is 0 Å². The zero-order valence-corrected chi connectivity index (χ0v) is 14.3. The smallest absolute Gasteiger partial charge is 0.166 e. The monoisotopic (exact) mass is 327 g/mol. The average Bonchev–Trinajstić information content (AvgIpc) is 2.59. The highest BCUT2D eigenvalue weighted by molar-refractivity contribution is 7.72. The van der Waals surface area contributed by atoms with Crippen molar-refractivity contribution in [1.82, 2.24) is 4.90 Å². The van der Waals surface area contributed by atoms with Crippen LogP contribution in [0.5, 0.6) is 0 Å². The summed E-state index contributed by atoms with van der Waals surface area (Å²) in [6, 6.07) is 0. The van der Waals surface area contributed by atoms with E-state index in [2.05, 4.69) is 31.2 Å². The highest BCUT2D eigenvalue weighted by Gasteiger charge is 2.54. The first-order valence-corrected chi connectivity index (χ1v) is 10.3. The molecule has 2 aliphatic heterocycles. The number of nitrogens with two attached hydrogens (primary N) is 1. The molecule has 0 aromatic heterocycles. The fourth-order valence-electron chi connectivity index (χ4n) is 2.65. The molecule has 2 heterocycles. The SMILES string of the molecule is C=C1N=C(N)C=CN1[C@@H]1O[C@H](CCP(=C)(C)C)[C@@H](O)[C@@]1(C)O. The molecular formula is C15H26N3O3P. The third kappa shape index (κ3) is 3.46. The second-order valence-electron chi connectivity index (χ2n) is 6.82. The minimum Gasteiger partial charge on any atom is -0.387 e. The van der Waals surface area contributed by atoms with Gasteiger partial charge in [0.1, 0.15) is 23.4 Å². The van der Waals surface area contributed by atoms with E-state index in [4.69, 9.17) is 10.5 Å². The van der Waals surface area contributed by atoms with Crippen molar-refractivity contribution in [1.29, 1.82) is 0 Å². The van der Waals surface area contributed by atoms with E-state index in [1.807, 2.05) is 0 Å². The van der Waals surface area contributed by atoms with Crippen LogP contribution >= 0.6 is 6.89 Å². The number of aliphatic hydroxyl groups is 2. The van der Waals surface area contributed by atoms with Gasteiger partial charge in [-0.25, -0.2) is 4.99 Å². The number of ether oxygens (including phenoxy) is 1. The van der Waals surface area contributed by atoms with E-state index < -0.39 is 30.9 Å². The molecule has 0 aromatic rings. The van der Waals surface area contributed by atoms with Gasteiger partial charge in [0.15, 0.2) is 6.23 Å². The van der Waals surface area contributed by atoms with E-state index in [1.165, 1.54) is 0 Å². The number of amidine groups is 1. The van der Waals surface area contributed by atoms with Crippen LogP contribution in [-0.4, -0.2) is 70.8 Å².